The fourth-order valence-electron chi connectivity index (χ4n) is 0.368. The first kappa shape index (κ1) is 13.1. The molecule has 0 radical (unpaired) electrons. The maximum absolute atomic E-state index is 10.1. The Morgan fingerprint density at radius 3 is 2.60 bits per heavy atom. The summed E-state index contributed by atoms with van der Waals surface area (Å²) in [4.78, 5) is 10.1. The summed E-state index contributed by atoms with van der Waals surface area (Å²) in [5.41, 5.74) is 5.21. The zero-order valence-corrected chi connectivity index (χ0v) is 9.64. The summed E-state index contributed by atoms with van der Waals surface area (Å²) < 4.78 is 0. The minimum absolute atomic E-state index is 0. The molecule has 0 saturated carbocycles. The molecule has 0 aromatic heterocycles. The molecule has 0 aliphatic rings. The Morgan fingerprint density at radius 1 is 1.80 bits per heavy atom. The van der Waals surface area contributed by atoms with Crippen LogP contribution in [0.5, 0.6) is 0 Å². The van der Waals surface area contributed by atoms with Crippen molar-refractivity contribution in [3.05, 3.63) is 0 Å². The van der Waals surface area contributed by atoms with Gasteiger partial charge in [-0.2, -0.15) is 0 Å². The van der Waals surface area contributed by atoms with Crippen molar-refractivity contribution >= 4 is 38.0 Å². The van der Waals surface area contributed by atoms with Crippen LogP contribution in [0.3, 0.4) is 0 Å². The Kier molecular flexibility index (Phi) is 9.91. The van der Waals surface area contributed by atoms with Crippen LogP contribution in [-0.2, 0) is 4.79 Å². The topological polar surface area (TPSA) is 63.3 Å². The number of rotatable bonds is 4. The molecule has 0 bridgehead atoms. The summed E-state index contributed by atoms with van der Waals surface area (Å²) in [6.07, 6.45) is 0.617. The number of carboxylic acid groups (broad SMARTS) is 1. The SMILES string of the molecule is C[Se]CCC(N)C(=O)O.[SeH2]. The molecule has 0 heterocycles. The second kappa shape index (κ2) is 7.57. The van der Waals surface area contributed by atoms with Crippen LogP contribution >= 0.6 is 0 Å². The standard InChI is InChI=1S/C5H11NO2Se.H2Se/c1-9-3-2-4(6)5(7)8;/h4H,2-3,6H2,1H3,(H,7,8);1H2. The van der Waals surface area contributed by atoms with E-state index >= 15 is 0 Å². The third kappa shape index (κ3) is 6.59. The molecule has 10 heavy (non-hydrogen) atoms. The second-order valence-corrected chi connectivity index (χ2v) is 3.79. The van der Waals surface area contributed by atoms with Crippen molar-refractivity contribution in [2.24, 2.45) is 5.73 Å². The van der Waals surface area contributed by atoms with E-state index in [2.05, 4.69) is 5.82 Å². The molecule has 0 rings (SSSR count). The van der Waals surface area contributed by atoms with E-state index < -0.39 is 12.0 Å². The average Bonchev–Trinajstić information content (AvgIpc) is 1.82. The minimum atomic E-state index is -0.890. The molecule has 0 aliphatic carbocycles. The van der Waals surface area contributed by atoms with E-state index in [1.807, 2.05) is 0 Å². The summed E-state index contributed by atoms with van der Waals surface area (Å²) in [7, 11) is 0. The predicted octanol–water partition coefficient (Wildman–Crippen LogP) is -0.957. The molecule has 5 heteroatoms. The van der Waals surface area contributed by atoms with Crippen LogP contribution in [0.4, 0.5) is 0 Å². The molecule has 1 unspecified atom stereocenters. The summed E-state index contributed by atoms with van der Waals surface area (Å²) in [5.74, 6) is 1.18. The van der Waals surface area contributed by atoms with Gasteiger partial charge in [-0.05, 0) is 0 Å². The molecular weight excluding hydrogens is 264 g/mol. The van der Waals surface area contributed by atoms with Gasteiger partial charge in [-0.1, -0.05) is 0 Å². The van der Waals surface area contributed by atoms with Crippen LogP contribution in [0.2, 0.25) is 11.1 Å². The van der Waals surface area contributed by atoms with Crippen molar-refractivity contribution < 1.29 is 9.90 Å². The van der Waals surface area contributed by atoms with E-state index in [-0.39, 0.29) is 17.1 Å². The molecule has 0 fully saturated rings. The van der Waals surface area contributed by atoms with E-state index in [9.17, 15) is 4.79 Å². The van der Waals surface area contributed by atoms with Crippen molar-refractivity contribution in [2.45, 2.75) is 23.6 Å². The van der Waals surface area contributed by atoms with Gasteiger partial charge in [0, 0.05) is 0 Å². The molecule has 0 aromatic rings. The number of aliphatic carboxylic acids is 1. The van der Waals surface area contributed by atoms with E-state index in [1.165, 1.54) is 0 Å². The van der Waals surface area contributed by atoms with Gasteiger partial charge in [-0.3, -0.25) is 0 Å². The van der Waals surface area contributed by atoms with Crippen LogP contribution < -0.4 is 5.73 Å². The molecule has 0 aliphatic heterocycles. The van der Waals surface area contributed by atoms with Crippen molar-refractivity contribution in [2.75, 3.05) is 0 Å². The molecule has 0 spiro atoms. The van der Waals surface area contributed by atoms with E-state index in [4.69, 9.17) is 10.8 Å². The molecular formula is C5H13NO2Se2. The van der Waals surface area contributed by atoms with Crippen molar-refractivity contribution in [1.82, 2.24) is 0 Å². The van der Waals surface area contributed by atoms with Gasteiger partial charge in [-0.25, -0.2) is 0 Å². The zero-order chi connectivity index (χ0) is 7.28. The molecule has 3 N–H and O–H groups in total. The Balaban J connectivity index is 0. The van der Waals surface area contributed by atoms with Crippen LogP contribution in [0.25, 0.3) is 0 Å². The average molecular weight is 277 g/mol. The summed E-state index contributed by atoms with van der Waals surface area (Å²) >= 11 is 0.549. The van der Waals surface area contributed by atoms with Gasteiger partial charge in [0.15, 0.2) is 0 Å². The van der Waals surface area contributed by atoms with Gasteiger partial charge in [0.25, 0.3) is 0 Å². The van der Waals surface area contributed by atoms with Crippen LogP contribution in [0, 0.1) is 0 Å². The van der Waals surface area contributed by atoms with Gasteiger partial charge >= 0.3 is 77.2 Å². The Hall–Kier alpha value is 0.469. The van der Waals surface area contributed by atoms with Gasteiger partial charge in [0.1, 0.15) is 0 Å². The molecule has 3 nitrogen and oxygen atoms in total. The van der Waals surface area contributed by atoms with Crippen LogP contribution in [-0.4, -0.2) is 49.1 Å². The molecule has 1 atom stereocenters. The number of nitrogens with two attached hydrogens (primary N) is 1. The van der Waals surface area contributed by atoms with Gasteiger partial charge < -0.3 is 0 Å². The molecule has 0 amide bonds. The zero-order valence-electron chi connectivity index (χ0n) is 5.83. The normalized spacial score (nSPS) is 11.8. The third-order valence-corrected chi connectivity index (χ3v) is 2.30. The van der Waals surface area contributed by atoms with Gasteiger partial charge in [0.2, 0.25) is 0 Å². The van der Waals surface area contributed by atoms with Crippen LogP contribution in [0.1, 0.15) is 6.42 Å². The number of carbonyl (C=O) groups is 1. The maximum atomic E-state index is 10.1. The van der Waals surface area contributed by atoms with E-state index in [0.717, 1.165) is 5.32 Å². The fraction of sp³-hybridized carbons (Fsp3) is 0.800. The monoisotopic (exact) mass is 279 g/mol. The first-order valence-electron chi connectivity index (χ1n) is 2.65. The molecule has 0 saturated heterocycles. The van der Waals surface area contributed by atoms with E-state index in [0.29, 0.717) is 21.4 Å². The Morgan fingerprint density at radius 2 is 2.30 bits per heavy atom. The summed E-state index contributed by atoms with van der Waals surface area (Å²) in [6.45, 7) is 0. The number of hydrogen-bond donors (Lipinski definition) is 2. The number of carboxylic acids is 1. The predicted molar refractivity (Wildman–Crippen MR) is 45.2 cm³/mol. The van der Waals surface area contributed by atoms with Crippen LogP contribution in [0.15, 0.2) is 0 Å². The van der Waals surface area contributed by atoms with E-state index in [1.54, 1.807) is 0 Å². The molecule has 0 aromatic carbocycles. The van der Waals surface area contributed by atoms with Gasteiger partial charge in [0.05, 0.1) is 0 Å². The van der Waals surface area contributed by atoms with Crippen molar-refractivity contribution in [1.29, 1.82) is 0 Å². The second-order valence-electron chi connectivity index (χ2n) is 1.73. The third-order valence-electron chi connectivity index (χ3n) is 0.950. The first-order chi connectivity index (χ1) is 4.18. The first-order valence-corrected chi connectivity index (χ1v) is 5.58. The van der Waals surface area contributed by atoms with Crippen molar-refractivity contribution in [3.63, 3.8) is 0 Å². The summed E-state index contributed by atoms with van der Waals surface area (Å²) in [6, 6.07) is -0.646. The Bertz CT molecular complexity index is 99.6. The summed E-state index contributed by atoms with van der Waals surface area (Å²) in [5, 5.41) is 9.25. The van der Waals surface area contributed by atoms with Crippen molar-refractivity contribution in [3.8, 4) is 0 Å². The number of hydrogen-bond acceptors (Lipinski definition) is 2. The fourth-order valence-corrected chi connectivity index (χ4v) is 1.40. The van der Waals surface area contributed by atoms with Gasteiger partial charge in [-0.15, -0.1) is 0 Å². The molecule has 62 valence electrons. The quantitative estimate of drug-likeness (QED) is 0.651. The Labute approximate surface area is 77.4 Å².